The van der Waals surface area contributed by atoms with Crippen molar-refractivity contribution in [2.24, 2.45) is 0 Å². The van der Waals surface area contributed by atoms with Crippen molar-refractivity contribution >= 4 is 13.5 Å². The molecular formula is C5H12BNO3. The van der Waals surface area contributed by atoms with E-state index in [-0.39, 0.29) is 0 Å². The van der Waals surface area contributed by atoms with Crippen LogP contribution in [-0.2, 0) is 9.53 Å². The molecule has 0 fully saturated rings. The summed E-state index contributed by atoms with van der Waals surface area (Å²) in [5.41, 5.74) is 0. The van der Waals surface area contributed by atoms with Crippen molar-refractivity contribution in [3.05, 3.63) is 0 Å². The fourth-order valence-electron chi connectivity index (χ4n) is 0.515. The van der Waals surface area contributed by atoms with Gasteiger partial charge in [0, 0.05) is 0 Å². The summed E-state index contributed by atoms with van der Waals surface area (Å²) in [6, 6.07) is 0. The van der Waals surface area contributed by atoms with E-state index in [0.717, 1.165) is 6.42 Å². The molecule has 0 aromatic rings. The number of ether oxygens (including phenoxy) is 1. The summed E-state index contributed by atoms with van der Waals surface area (Å²) in [7, 11) is -0.490. The second-order valence-corrected chi connectivity index (χ2v) is 1.95. The summed E-state index contributed by atoms with van der Waals surface area (Å²) in [6.45, 7) is 3.12. The van der Waals surface area contributed by atoms with Crippen molar-refractivity contribution in [2.75, 3.05) is 13.2 Å². The molecule has 5 heteroatoms. The van der Waals surface area contributed by atoms with Crippen molar-refractivity contribution in [3.63, 3.8) is 0 Å². The molecule has 58 valence electrons. The van der Waals surface area contributed by atoms with Crippen molar-refractivity contribution in [2.45, 2.75) is 13.2 Å². The van der Waals surface area contributed by atoms with Gasteiger partial charge in [-0.05, 0) is 19.8 Å². The first-order valence-electron chi connectivity index (χ1n) is 3.24. The molecule has 0 atom stereocenters. The van der Waals surface area contributed by atoms with Gasteiger partial charge in [-0.15, -0.1) is 0 Å². The zero-order valence-electron chi connectivity index (χ0n) is 6.04. The van der Waals surface area contributed by atoms with Crippen LogP contribution in [-0.4, -0.2) is 31.7 Å². The van der Waals surface area contributed by atoms with Gasteiger partial charge < -0.3 is 15.0 Å². The van der Waals surface area contributed by atoms with E-state index in [4.69, 9.17) is 5.02 Å². The van der Waals surface area contributed by atoms with Crippen LogP contribution in [0.4, 0.5) is 0 Å². The molecule has 0 saturated heterocycles. The Morgan fingerprint density at radius 3 is 3.00 bits per heavy atom. The molecule has 0 amide bonds. The minimum absolute atomic E-state index is 0.406. The van der Waals surface area contributed by atoms with Crippen LogP contribution in [0.25, 0.3) is 0 Å². The van der Waals surface area contributed by atoms with E-state index in [0.29, 0.717) is 19.6 Å². The van der Waals surface area contributed by atoms with Crippen molar-refractivity contribution < 1.29 is 14.6 Å². The molecule has 0 unspecified atom stereocenters. The van der Waals surface area contributed by atoms with Gasteiger partial charge in [-0.3, -0.25) is 4.79 Å². The lowest BCUT2D eigenvalue weighted by Gasteiger charge is -2.01. The molecule has 0 aromatic carbocycles. The Morgan fingerprint density at radius 1 is 1.80 bits per heavy atom. The Kier molecular flexibility index (Phi) is 6.21. The number of carbonyl (C=O) groups is 1. The zero-order chi connectivity index (χ0) is 7.82. The van der Waals surface area contributed by atoms with E-state index in [1.165, 1.54) is 0 Å². The fourth-order valence-corrected chi connectivity index (χ4v) is 0.515. The molecule has 0 bridgehead atoms. The second kappa shape index (κ2) is 6.57. The number of hydrogen-bond donors (Lipinski definition) is 2. The molecule has 2 N–H and O–H groups in total. The Bertz CT molecular complexity index is 89.0. The molecule has 0 aliphatic heterocycles. The third-order valence-corrected chi connectivity index (χ3v) is 0.947. The van der Waals surface area contributed by atoms with Crippen LogP contribution < -0.4 is 5.23 Å². The molecule has 4 nitrogen and oxygen atoms in total. The highest BCUT2D eigenvalue weighted by atomic mass is 16.5. The normalized spacial score (nSPS) is 9.00. The van der Waals surface area contributed by atoms with E-state index >= 15 is 0 Å². The monoisotopic (exact) mass is 145 g/mol. The predicted octanol–water partition coefficient (Wildman–Crippen LogP) is -0.751. The molecule has 0 aliphatic carbocycles. The Labute approximate surface area is 60.7 Å². The average molecular weight is 145 g/mol. The highest BCUT2D eigenvalue weighted by molar-refractivity contribution is 6.45. The summed E-state index contributed by atoms with van der Waals surface area (Å²) in [5, 5.41) is 11.5. The lowest BCUT2D eigenvalue weighted by Crippen LogP contribution is -2.31. The largest absolute Gasteiger partial charge is 0.468 e. The van der Waals surface area contributed by atoms with Crippen LogP contribution in [0.2, 0.25) is 6.82 Å². The minimum atomic E-state index is -0.490. The van der Waals surface area contributed by atoms with E-state index in [1.807, 2.05) is 0 Å². The summed E-state index contributed by atoms with van der Waals surface area (Å²) >= 11 is 0. The highest BCUT2D eigenvalue weighted by Crippen LogP contribution is 1.77. The molecular weight excluding hydrogens is 133 g/mol. The standard InChI is InChI=1S/C5H12BNO3/c1-6(9)7-3-2-4-10-5-8/h5,7,9H,2-4H2,1H3. The second-order valence-electron chi connectivity index (χ2n) is 1.95. The van der Waals surface area contributed by atoms with Crippen LogP contribution in [0.15, 0.2) is 0 Å². The van der Waals surface area contributed by atoms with Crippen molar-refractivity contribution in [1.29, 1.82) is 0 Å². The maximum absolute atomic E-state index is 9.61. The van der Waals surface area contributed by atoms with E-state index < -0.39 is 7.05 Å². The quantitative estimate of drug-likeness (QED) is 0.293. The van der Waals surface area contributed by atoms with Gasteiger partial charge in [-0.2, -0.15) is 0 Å². The molecule has 0 saturated carbocycles. The molecule has 0 heterocycles. The number of hydrogen-bond acceptors (Lipinski definition) is 4. The Hall–Kier alpha value is -0.545. The fraction of sp³-hybridized carbons (Fsp3) is 0.800. The van der Waals surface area contributed by atoms with Crippen LogP contribution >= 0.6 is 0 Å². The van der Waals surface area contributed by atoms with Gasteiger partial charge in [0.1, 0.15) is 0 Å². The van der Waals surface area contributed by atoms with Crippen molar-refractivity contribution in [1.82, 2.24) is 5.23 Å². The van der Waals surface area contributed by atoms with Gasteiger partial charge in [0.05, 0.1) is 6.61 Å². The molecule has 0 spiro atoms. The van der Waals surface area contributed by atoms with Gasteiger partial charge in [-0.1, -0.05) is 0 Å². The highest BCUT2D eigenvalue weighted by Gasteiger charge is 1.98. The lowest BCUT2D eigenvalue weighted by atomic mass is 9.89. The van der Waals surface area contributed by atoms with Gasteiger partial charge in [-0.25, -0.2) is 0 Å². The molecule has 0 rings (SSSR count). The Balaban J connectivity index is 2.83. The maximum atomic E-state index is 9.61. The summed E-state index contributed by atoms with van der Waals surface area (Å²) in [5.74, 6) is 0. The molecule has 0 aromatic heterocycles. The van der Waals surface area contributed by atoms with E-state index in [2.05, 4.69) is 9.96 Å². The topological polar surface area (TPSA) is 58.6 Å². The van der Waals surface area contributed by atoms with Crippen molar-refractivity contribution in [3.8, 4) is 0 Å². The Morgan fingerprint density at radius 2 is 2.50 bits per heavy atom. The number of rotatable bonds is 6. The zero-order valence-corrected chi connectivity index (χ0v) is 6.04. The first kappa shape index (κ1) is 9.45. The van der Waals surface area contributed by atoms with Gasteiger partial charge >= 0.3 is 7.05 Å². The van der Waals surface area contributed by atoms with Crippen LogP contribution in [0, 0.1) is 0 Å². The van der Waals surface area contributed by atoms with Crippen LogP contribution in [0.3, 0.4) is 0 Å². The summed E-state index contributed by atoms with van der Waals surface area (Å²) in [6.07, 6.45) is 0.726. The third-order valence-electron chi connectivity index (χ3n) is 0.947. The van der Waals surface area contributed by atoms with Crippen LogP contribution in [0.1, 0.15) is 6.42 Å². The van der Waals surface area contributed by atoms with E-state index in [1.54, 1.807) is 6.82 Å². The lowest BCUT2D eigenvalue weighted by molar-refractivity contribution is -0.128. The SMILES string of the molecule is CB(O)NCCCOC=O. The molecule has 0 radical (unpaired) electrons. The summed E-state index contributed by atoms with van der Waals surface area (Å²) in [4.78, 5) is 9.61. The van der Waals surface area contributed by atoms with Gasteiger partial charge in [0.25, 0.3) is 6.47 Å². The maximum Gasteiger partial charge on any atom is 0.373 e. The predicted molar refractivity (Wildman–Crippen MR) is 38.5 cm³/mol. The minimum Gasteiger partial charge on any atom is -0.468 e. The number of carbonyl (C=O) groups excluding carboxylic acids is 1. The average Bonchev–Trinajstić information content (AvgIpc) is 1.87. The van der Waals surface area contributed by atoms with Gasteiger partial charge in [0.15, 0.2) is 0 Å². The van der Waals surface area contributed by atoms with Gasteiger partial charge in [0.2, 0.25) is 0 Å². The first-order valence-corrected chi connectivity index (χ1v) is 3.24. The van der Waals surface area contributed by atoms with E-state index in [9.17, 15) is 4.79 Å². The smallest absolute Gasteiger partial charge is 0.373 e. The third kappa shape index (κ3) is 7.45. The first-order chi connectivity index (χ1) is 4.77. The molecule has 0 aliphatic rings. The molecule has 10 heavy (non-hydrogen) atoms. The van der Waals surface area contributed by atoms with Crippen LogP contribution in [0.5, 0.6) is 0 Å². The number of nitrogens with one attached hydrogen (secondary N) is 1. The summed E-state index contributed by atoms with van der Waals surface area (Å²) < 4.78 is 4.41.